The smallest absolute Gasteiger partial charge is 0.244 e. The molecule has 0 fully saturated rings. The summed E-state index contributed by atoms with van der Waals surface area (Å²) < 4.78 is 1.56. The average molecular weight is 238 g/mol. The van der Waals surface area contributed by atoms with Crippen molar-refractivity contribution in [2.45, 2.75) is 32.9 Å². The molecule has 1 aromatic rings. The molecule has 0 aromatic carbocycles. The highest BCUT2D eigenvalue weighted by Crippen LogP contribution is 2.08. The van der Waals surface area contributed by atoms with Gasteiger partial charge in [0.15, 0.2) is 0 Å². The first-order valence-electron chi connectivity index (χ1n) is 5.44. The van der Waals surface area contributed by atoms with Gasteiger partial charge in [0.2, 0.25) is 11.8 Å². The first kappa shape index (κ1) is 13.2. The lowest BCUT2D eigenvalue weighted by atomic mass is 10.0. The third-order valence-electron chi connectivity index (χ3n) is 2.50. The first-order chi connectivity index (χ1) is 7.85. The van der Waals surface area contributed by atoms with Crippen LogP contribution in [0.15, 0.2) is 18.5 Å². The van der Waals surface area contributed by atoms with Gasteiger partial charge in [0.1, 0.15) is 5.54 Å². The molecule has 2 amide bonds. The van der Waals surface area contributed by atoms with Crippen molar-refractivity contribution in [2.24, 2.45) is 11.7 Å². The van der Waals surface area contributed by atoms with Gasteiger partial charge in [-0.1, -0.05) is 13.8 Å². The van der Waals surface area contributed by atoms with Crippen molar-refractivity contribution < 1.29 is 9.59 Å². The van der Waals surface area contributed by atoms with E-state index in [0.717, 1.165) is 0 Å². The maximum atomic E-state index is 11.6. The predicted molar refractivity (Wildman–Crippen MR) is 62.8 cm³/mol. The van der Waals surface area contributed by atoms with Crippen LogP contribution in [-0.2, 0) is 16.1 Å². The number of nitrogens with one attached hydrogen (secondary N) is 1. The molecule has 6 nitrogen and oxygen atoms in total. The van der Waals surface area contributed by atoms with Crippen LogP contribution in [-0.4, -0.2) is 27.1 Å². The first-order valence-corrected chi connectivity index (χ1v) is 5.44. The van der Waals surface area contributed by atoms with Crippen LogP contribution in [0.4, 0.5) is 0 Å². The maximum Gasteiger partial charge on any atom is 0.244 e. The van der Waals surface area contributed by atoms with Crippen LogP contribution in [0.3, 0.4) is 0 Å². The van der Waals surface area contributed by atoms with Gasteiger partial charge >= 0.3 is 0 Å². The SMILES string of the molecule is CC(C)C(=O)NC(C)(Cn1cccn1)C(N)=O. The lowest BCUT2D eigenvalue weighted by molar-refractivity contribution is -0.133. The second-order valence-corrected chi connectivity index (χ2v) is 4.54. The fraction of sp³-hybridized carbons (Fsp3) is 0.545. The van der Waals surface area contributed by atoms with Crippen LogP contribution < -0.4 is 11.1 Å². The number of carbonyl (C=O) groups excluding carboxylic acids is 2. The lowest BCUT2D eigenvalue weighted by Crippen LogP contribution is -2.58. The molecular weight excluding hydrogens is 220 g/mol. The molecule has 6 heteroatoms. The third kappa shape index (κ3) is 3.30. The van der Waals surface area contributed by atoms with Crippen LogP contribution in [0.25, 0.3) is 0 Å². The molecule has 3 N–H and O–H groups in total. The largest absolute Gasteiger partial charge is 0.368 e. The van der Waals surface area contributed by atoms with Crippen LogP contribution >= 0.6 is 0 Å². The molecule has 1 aromatic heterocycles. The van der Waals surface area contributed by atoms with Gasteiger partial charge in [0, 0.05) is 18.3 Å². The molecule has 1 rings (SSSR count). The molecule has 0 radical (unpaired) electrons. The number of hydrogen-bond acceptors (Lipinski definition) is 3. The summed E-state index contributed by atoms with van der Waals surface area (Å²) in [5.41, 5.74) is 4.21. The highest BCUT2D eigenvalue weighted by Gasteiger charge is 2.34. The van der Waals surface area contributed by atoms with Crippen molar-refractivity contribution in [1.29, 1.82) is 0 Å². The van der Waals surface area contributed by atoms with E-state index in [1.54, 1.807) is 43.9 Å². The summed E-state index contributed by atoms with van der Waals surface area (Å²) in [6.07, 6.45) is 3.31. The minimum Gasteiger partial charge on any atom is -0.368 e. The summed E-state index contributed by atoms with van der Waals surface area (Å²) in [5, 5.41) is 6.65. The number of nitrogens with two attached hydrogens (primary N) is 1. The van der Waals surface area contributed by atoms with E-state index in [1.165, 1.54) is 0 Å². The fourth-order valence-electron chi connectivity index (χ4n) is 1.31. The van der Waals surface area contributed by atoms with E-state index in [9.17, 15) is 9.59 Å². The average Bonchev–Trinajstić information content (AvgIpc) is 2.69. The Hall–Kier alpha value is -1.85. The molecule has 0 bridgehead atoms. The molecule has 0 saturated carbocycles. The quantitative estimate of drug-likeness (QED) is 0.750. The Bertz CT molecular complexity index is 400. The Kier molecular flexibility index (Phi) is 3.88. The van der Waals surface area contributed by atoms with Gasteiger partial charge in [-0.2, -0.15) is 5.10 Å². The predicted octanol–water partition coefficient (Wildman–Crippen LogP) is -0.101. The van der Waals surface area contributed by atoms with Crippen LogP contribution in [0.2, 0.25) is 0 Å². The van der Waals surface area contributed by atoms with Gasteiger partial charge < -0.3 is 11.1 Å². The van der Waals surface area contributed by atoms with Gasteiger partial charge in [-0.05, 0) is 13.0 Å². The van der Waals surface area contributed by atoms with Gasteiger partial charge in [0.25, 0.3) is 0 Å². The Labute approximate surface area is 100 Å². The standard InChI is InChI=1S/C11H18N4O2/c1-8(2)9(16)14-11(3,10(12)17)7-15-6-4-5-13-15/h4-6,8H,7H2,1-3H3,(H2,12,17)(H,14,16). The number of carbonyl (C=O) groups is 2. The summed E-state index contributed by atoms with van der Waals surface area (Å²) in [6, 6.07) is 1.74. The second-order valence-electron chi connectivity index (χ2n) is 4.54. The molecule has 1 atom stereocenters. The molecule has 1 heterocycles. The number of rotatable bonds is 5. The Morgan fingerprint density at radius 2 is 2.18 bits per heavy atom. The summed E-state index contributed by atoms with van der Waals surface area (Å²) in [5.74, 6) is -0.994. The van der Waals surface area contributed by atoms with Crippen molar-refractivity contribution in [3.63, 3.8) is 0 Å². The van der Waals surface area contributed by atoms with Crippen molar-refractivity contribution in [2.75, 3.05) is 0 Å². The van der Waals surface area contributed by atoms with Gasteiger partial charge in [-0.25, -0.2) is 0 Å². The normalized spacial score (nSPS) is 14.4. The van der Waals surface area contributed by atoms with Gasteiger partial charge in [-0.3, -0.25) is 14.3 Å². The zero-order chi connectivity index (χ0) is 13.1. The minimum absolute atomic E-state index is 0.203. The van der Waals surface area contributed by atoms with E-state index in [0.29, 0.717) is 0 Å². The summed E-state index contributed by atoms with van der Waals surface area (Å²) in [6.45, 7) is 5.32. The highest BCUT2D eigenvalue weighted by atomic mass is 16.2. The molecule has 17 heavy (non-hydrogen) atoms. The zero-order valence-electron chi connectivity index (χ0n) is 10.3. The van der Waals surface area contributed by atoms with Crippen molar-refractivity contribution in [1.82, 2.24) is 15.1 Å². The van der Waals surface area contributed by atoms with Crippen molar-refractivity contribution >= 4 is 11.8 Å². The van der Waals surface area contributed by atoms with E-state index >= 15 is 0 Å². The third-order valence-corrected chi connectivity index (χ3v) is 2.50. The second kappa shape index (κ2) is 4.99. The molecule has 0 aliphatic rings. The van der Waals surface area contributed by atoms with E-state index in [4.69, 9.17) is 5.73 Å². The fourth-order valence-corrected chi connectivity index (χ4v) is 1.31. The van der Waals surface area contributed by atoms with E-state index < -0.39 is 11.4 Å². The zero-order valence-corrected chi connectivity index (χ0v) is 10.3. The molecular formula is C11H18N4O2. The molecule has 0 aliphatic carbocycles. The Morgan fingerprint density at radius 3 is 2.59 bits per heavy atom. The molecule has 0 aliphatic heterocycles. The Balaban J connectivity index is 2.82. The summed E-state index contributed by atoms with van der Waals surface area (Å²) in [4.78, 5) is 23.1. The van der Waals surface area contributed by atoms with Crippen LogP contribution in [0.1, 0.15) is 20.8 Å². The van der Waals surface area contributed by atoms with Crippen LogP contribution in [0, 0.1) is 5.92 Å². The maximum absolute atomic E-state index is 11.6. The van der Waals surface area contributed by atoms with Gasteiger partial charge in [-0.15, -0.1) is 0 Å². The van der Waals surface area contributed by atoms with E-state index in [1.807, 2.05) is 0 Å². The topological polar surface area (TPSA) is 90.0 Å². The van der Waals surface area contributed by atoms with E-state index in [2.05, 4.69) is 10.4 Å². The van der Waals surface area contributed by atoms with Gasteiger partial charge in [0.05, 0.1) is 6.54 Å². The highest BCUT2D eigenvalue weighted by molar-refractivity contribution is 5.90. The molecule has 94 valence electrons. The molecule has 1 unspecified atom stereocenters. The Morgan fingerprint density at radius 1 is 1.53 bits per heavy atom. The number of hydrogen-bond donors (Lipinski definition) is 2. The number of amides is 2. The minimum atomic E-state index is -1.13. The lowest BCUT2D eigenvalue weighted by Gasteiger charge is -2.28. The monoisotopic (exact) mass is 238 g/mol. The number of primary amides is 1. The van der Waals surface area contributed by atoms with Crippen molar-refractivity contribution in [3.8, 4) is 0 Å². The molecule has 0 saturated heterocycles. The van der Waals surface area contributed by atoms with Crippen LogP contribution in [0.5, 0.6) is 0 Å². The summed E-state index contributed by atoms with van der Waals surface area (Å²) in [7, 11) is 0. The molecule has 0 spiro atoms. The van der Waals surface area contributed by atoms with E-state index in [-0.39, 0.29) is 18.4 Å². The summed E-state index contributed by atoms with van der Waals surface area (Å²) >= 11 is 0. The van der Waals surface area contributed by atoms with Crippen molar-refractivity contribution in [3.05, 3.63) is 18.5 Å². The number of aromatic nitrogens is 2. The number of nitrogens with zero attached hydrogens (tertiary/aromatic N) is 2.